The molecule has 0 spiro atoms. The Morgan fingerprint density at radius 2 is 1.74 bits per heavy atom. The van der Waals surface area contributed by atoms with E-state index in [1.807, 2.05) is 37.3 Å². The van der Waals surface area contributed by atoms with Crippen LogP contribution < -0.4 is 5.32 Å². The first-order chi connectivity index (χ1) is 11.0. The molecule has 2 rings (SSSR count). The van der Waals surface area contributed by atoms with Crippen molar-refractivity contribution in [3.8, 4) is 0 Å². The summed E-state index contributed by atoms with van der Waals surface area (Å²) in [5, 5.41) is 3.04. The number of carbonyl (C=O) groups excluding carboxylic acids is 1. The SMILES string of the molecule is Cc1cccc(NC(=O)CN(Cc2ccccc2)C(C)C)c1C. The van der Waals surface area contributed by atoms with E-state index in [9.17, 15) is 4.79 Å². The Kier molecular flexibility index (Phi) is 5.94. The van der Waals surface area contributed by atoms with Crippen LogP contribution in [0.15, 0.2) is 48.5 Å². The van der Waals surface area contributed by atoms with Gasteiger partial charge in [-0.15, -0.1) is 0 Å². The average Bonchev–Trinajstić information content (AvgIpc) is 2.52. The van der Waals surface area contributed by atoms with Crippen LogP contribution in [0.4, 0.5) is 5.69 Å². The summed E-state index contributed by atoms with van der Waals surface area (Å²) < 4.78 is 0. The Balaban J connectivity index is 2.02. The topological polar surface area (TPSA) is 32.3 Å². The summed E-state index contributed by atoms with van der Waals surface area (Å²) in [4.78, 5) is 14.6. The van der Waals surface area contributed by atoms with Gasteiger partial charge >= 0.3 is 0 Å². The number of amides is 1. The molecular weight excluding hydrogens is 284 g/mol. The van der Waals surface area contributed by atoms with Crippen molar-refractivity contribution in [3.63, 3.8) is 0 Å². The van der Waals surface area contributed by atoms with E-state index in [0.29, 0.717) is 12.6 Å². The first-order valence-corrected chi connectivity index (χ1v) is 8.11. The summed E-state index contributed by atoms with van der Waals surface area (Å²) >= 11 is 0. The zero-order valence-electron chi connectivity index (χ0n) is 14.5. The lowest BCUT2D eigenvalue weighted by atomic mass is 10.1. The Bertz CT molecular complexity index is 650. The monoisotopic (exact) mass is 310 g/mol. The molecule has 0 fully saturated rings. The molecule has 0 radical (unpaired) electrons. The predicted molar refractivity (Wildman–Crippen MR) is 96.5 cm³/mol. The molecule has 2 aromatic carbocycles. The van der Waals surface area contributed by atoms with E-state index < -0.39 is 0 Å². The van der Waals surface area contributed by atoms with Gasteiger partial charge < -0.3 is 5.32 Å². The minimum atomic E-state index is 0.0309. The lowest BCUT2D eigenvalue weighted by molar-refractivity contribution is -0.117. The van der Waals surface area contributed by atoms with Crippen LogP contribution in [0.25, 0.3) is 0 Å². The van der Waals surface area contributed by atoms with E-state index in [2.05, 4.69) is 49.2 Å². The molecule has 122 valence electrons. The lowest BCUT2D eigenvalue weighted by Gasteiger charge is -2.26. The first-order valence-electron chi connectivity index (χ1n) is 8.11. The highest BCUT2D eigenvalue weighted by atomic mass is 16.2. The highest BCUT2D eigenvalue weighted by Gasteiger charge is 2.15. The standard InChI is InChI=1S/C20H26N2O/c1-15(2)22(13-18-10-6-5-7-11-18)14-20(23)21-19-12-8-9-16(3)17(19)4/h5-12,15H,13-14H2,1-4H3,(H,21,23). The molecule has 1 N–H and O–H groups in total. The minimum absolute atomic E-state index is 0.0309. The number of nitrogens with one attached hydrogen (secondary N) is 1. The fourth-order valence-corrected chi connectivity index (χ4v) is 2.50. The summed E-state index contributed by atoms with van der Waals surface area (Å²) in [5.41, 5.74) is 4.44. The van der Waals surface area contributed by atoms with Gasteiger partial charge in [-0.3, -0.25) is 9.69 Å². The molecule has 1 amide bonds. The summed E-state index contributed by atoms with van der Waals surface area (Å²) in [6, 6.07) is 16.6. The zero-order valence-corrected chi connectivity index (χ0v) is 14.5. The molecule has 0 saturated carbocycles. The van der Waals surface area contributed by atoms with Gasteiger partial charge in [0.1, 0.15) is 0 Å². The van der Waals surface area contributed by atoms with Gasteiger partial charge in [-0.1, -0.05) is 42.5 Å². The highest BCUT2D eigenvalue weighted by Crippen LogP contribution is 2.18. The molecule has 0 aliphatic heterocycles. The van der Waals surface area contributed by atoms with Crippen LogP contribution >= 0.6 is 0 Å². The van der Waals surface area contributed by atoms with Gasteiger partial charge in [0.2, 0.25) is 5.91 Å². The Morgan fingerprint density at radius 1 is 1.04 bits per heavy atom. The molecule has 3 heteroatoms. The molecule has 0 atom stereocenters. The number of hydrogen-bond donors (Lipinski definition) is 1. The molecule has 3 nitrogen and oxygen atoms in total. The predicted octanol–water partition coefficient (Wildman–Crippen LogP) is 4.15. The number of aryl methyl sites for hydroxylation is 1. The fraction of sp³-hybridized carbons (Fsp3) is 0.350. The number of benzene rings is 2. The quantitative estimate of drug-likeness (QED) is 0.869. The van der Waals surface area contributed by atoms with Crippen LogP contribution in [-0.2, 0) is 11.3 Å². The Labute approximate surface area is 139 Å². The Hall–Kier alpha value is -2.13. The Morgan fingerprint density at radius 3 is 2.39 bits per heavy atom. The van der Waals surface area contributed by atoms with Crippen LogP contribution in [0.2, 0.25) is 0 Å². The third-order valence-corrected chi connectivity index (χ3v) is 4.18. The molecule has 0 heterocycles. The van der Waals surface area contributed by atoms with E-state index in [1.165, 1.54) is 11.1 Å². The molecule has 23 heavy (non-hydrogen) atoms. The molecule has 2 aromatic rings. The highest BCUT2D eigenvalue weighted by molar-refractivity contribution is 5.93. The molecular formula is C20H26N2O. The van der Waals surface area contributed by atoms with E-state index in [4.69, 9.17) is 0 Å². The van der Waals surface area contributed by atoms with Crippen LogP contribution in [0.5, 0.6) is 0 Å². The van der Waals surface area contributed by atoms with Crippen LogP contribution in [0, 0.1) is 13.8 Å². The maximum Gasteiger partial charge on any atom is 0.238 e. The molecule has 0 saturated heterocycles. The molecule has 0 aliphatic rings. The molecule has 0 aromatic heterocycles. The van der Waals surface area contributed by atoms with Crippen molar-refractivity contribution in [2.24, 2.45) is 0 Å². The van der Waals surface area contributed by atoms with Gasteiger partial charge in [-0.25, -0.2) is 0 Å². The second kappa shape index (κ2) is 7.93. The largest absolute Gasteiger partial charge is 0.325 e. The fourth-order valence-electron chi connectivity index (χ4n) is 2.50. The first kappa shape index (κ1) is 17.2. The zero-order chi connectivity index (χ0) is 16.8. The van der Waals surface area contributed by atoms with Crippen LogP contribution in [-0.4, -0.2) is 23.4 Å². The van der Waals surface area contributed by atoms with Crippen molar-refractivity contribution in [2.45, 2.75) is 40.3 Å². The number of rotatable bonds is 6. The molecule has 0 unspecified atom stereocenters. The van der Waals surface area contributed by atoms with E-state index in [0.717, 1.165) is 17.8 Å². The van der Waals surface area contributed by atoms with Crippen LogP contribution in [0.1, 0.15) is 30.5 Å². The van der Waals surface area contributed by atoms with Gasteiger partial charge in [-0.2, -0.15) is 0 Å². The second-order valence-electron chi connectivity index (χ2n) is 6.28. The van der Waals surface area contributed by atoms with Gasteiger partial charge in [0.05, 0.1) is 6.54 Å². The third kappa shape index (κ3) is 4.93. The number of hydrogen-bond acceptors (Lipinski definition) is 2. The molecule has 0 aliphatic carbocycles. The van der Waals surface area contributed by atoms with Crippen molar-refractivity contribution in [2.75, 3.05) is 11.9 Å². The average molecular weight is 310 g/mol. The summed E-state index contributed by atoms with van der Waals surface area (Å²) in [7, 11) is 0. The smallest absolute Gasteiger partial charge is 0.238 e. The lowest BCUT2D eigenvalue weighted by Crippen LogP contribution is -2.37. The van der Waals surface area contributed by atoms with Gasteiger partial charge in [-0.05, 0) is 50.5 Å². The van der Waals surface area contributed by atoms with Gasteiger partial charge in [0, 0.05) is 18.3 Å². The number of nitrogens with zero attached hydrogens (tertiary/aromatic N) is 1. The summed E-state index contributed by atoms with van der Waals surface area (Å²) in [6.45, 7) is 9.50. The number of anilines is 1. The maximum atomic E-state index is 12.4. The third-order valence-electron chi connectivity index (χ3n) is 4.18. The minimum Gasteiger partial charge on any atom is -0.325 e. The van der Waals surface area contributed by atoms with E-state index in [1.54, 1.807) is 0 Å². The summed E-state index contributed by atoms with van der Waals surface area (Å²) in [6.07, 6.45) is 0. The normalized spacial score (nSPS) is 11.0. The van der Waals surface area contributed by atoms with Crippen molar-refractivity contribution < 1.29 is 4.79 Å². The van der Waals surface area contributed by atoms with Crippen molar-refractivity contribution in [1.82, 2.24) is 4.90 Å². The van der Waals surface area contributed by atoms with Crippen molar-refractivity contribution in [1.29, 1.82) is 0 Å². The van der Waals surface area contributed by atoms with Gasteiger partial charge in [0.15, 0.2) is 0 Å². The molecule has 0 bridgehead atoms. The number of carbonyl (C=O) groups is 1. The van der Waals surface area contributed by atoms with E-state index >= 15 is 0 Å². The maximum absolute atomic E-state index is 12.4. The second-order valence-corrected chi connectivity index (χ2v) is 6.28. The van der Waals surface area contributed by atoms with Gasteiger partial charge in [0.25, 0.3) is 0 Å². The van der Waals surface area contributed by atoms with Crippen molar-refractivity contribution in [3.05, 3.63) is 65.2 Å². The van der Waals surface area contributed by atoms with Crippen LogP contribution in [0.3, 0.4) is 0 Å². The van der Waals surface area contributed by atoms with Crippen molar-refractivity contribution >= 4 is 11.6 Å². The van der Waals surface area contributed by atoms with E-state index in [-0.39, 0.29) is 5.91 Å². The summed E-state index contributed by atoms with van der Waals surface area (Å²) in [5.74, 6) is 0.0309.